The number of aliphatic imine (C=N–C) groups is 1. The maximum Gasteiger partial charge on any atom is 0.422 e. The molecular formula is C18H20ClF3N4O. The van der Waals surface area contributed by atoms with E-state index in [0.717, 1.165) is 17.5 Å². The third kappa shape index (κ3) is 8.17. The van der Waals surface area contributed by atoms with E-state index in [4.69, 9.17) is 11.6 Å². The van der Waals surface area contributed by atoms with E-state index in [9.17, 15) is 13.2 Å². The minimum atomic E-state index is -4.38. The quantitative estimate of drug-likeness (QED) is 0.551. The normalized spacial score (nSPS) is 12.0. The van der Waals surface area contributed by atoms with Crippen LogP contribution in [0.3, 0.4) is 0 Å². The lowest BCUT2D eigenvalue weighted by molar-refractivity contribution is -0.154. The SMILES string of the molecule is CN=C(NCCc1cccc(Cl)c1)NCc1ccc(OCC(F)(F)F)nc1. The summed E-state index contributed by atoms with van der Waals surface area (Å²) in [5.41, 5.74) is 1.90. The third-order valence-corrected chi connectivity index (χ3v) is 3.70. The van der Waals surface area contributed by atoms with Crippen LogP contribution in [0.25, 0.3) is 0 Å². The molecule has 2 aromatic rings. The molecule has 0 bridgehead atoms. The highest BCUT2D eigenvalue weighted by Crippen LogP contribution is 2.17. The monoisotopic (exact) mass is 400 g/mol. The Morgan fingerprint density at radius 3 is 2.63 bits per heavy atom. The van der Waals surface area contributed by atoms with Gasteiger partial charge in [0.2, 0.25) is 5.88 Å². The van der Waals surface area contributed by atoms with Crippen molar-refractivity contribution in [3.05, 3.63) is 58.7 Å². The van der Waals surface area contributed by atoms with Crippen LogP contribution in [0, 0.1) is 0 Å². The summed E-state index contributed by atoms with van der Waals surface area (Å²) >= 11 is 5.96. The zero-order chi connectivity index (χ0) is 19.7. The van der Waals surface area contributed by atoms with Crippen LogP contribution < -0.4 is 15.4 Å². The molecule has 27 heavy (non-hydrogen) atoms. The zero-order valence-electron chi connectivity index (χ0n) is 14.7. The fourth-order valence-corrected chi connectivity index (χ4v) is 2.39. The Hall–Kier alpha value is -2.48. The minimum Gasteiger partial charge on any atom is -0.468 e. The van der Waals surface area contributed by atoms with Crippen LogP contribution in [0.2, 0.25) is 5.02 Å². The molecule has 0 aliphatic carbocycles. The van der Waals surface area contributed by atoms with Gasteiger partial charge in [0.25, 0.3) is 0 Å². The van der Waals surface area contributed by atoms with E-state index in [1.165, 1.54) is 12.3 Å². The van der Waals surface area contributed by atoms with E-state index in [0.29, 0.717) is 24.1 Å². The summed E-state index contributed by atoms with van der Waals surface area (Å²) in [7, 11) is 1.65. The van der Waals surface area contributed by atoms with Crippen LogP contribution in [-0.4, -0.2) is 37.3 Å². The van der Waals surface area contributed by atoms with Crippen molar-refractivity contribution in [3.63, 3.8) is 0 Å². The molecule has 1 aromatic heterocycles. The highest BCUT2D eigenvalue weighted by molar-refractivity contribution is 6.30. The first-order valence-electron chi connectivity index (χ1n) is 8.19. The van der Waals surface area contributed by atoms with Gasteiger partial charge in [-0.05, 0) is 29.7 Å². The van der Waals surface area contributed by atoms with Gasteiger partial charge in [0.15, 0.2) is 12.6 Å². The molecule has 0 saturated heterocycles. The van der Waals surface area contributed by atoms with E-state index < -0.39 is 12.8 Å². The summed E-state index contributed by atoms with van der Waals surface area (Å²) in [6.45, 7) is -0.271. The van der Waals surface area contributed by atoms with Gasteiger partial charge in [-0.15, -0.1) is 0 Å². The third-order valence-electron chi connectivity index (χ3n) is 3.46. The van der Waals surface area contributed by atoms with E-state index in [1.807, 2.05) is 24.3 Å². The van der Waals surface area contributed by atoms with Crippen LogP contribution in [-0.2, 0) is 13.0 Å². The number of rotatable bonds is 7. The zero-order valence-corrected chi connectivity index (χ0v) is 15.4. The molecule has 0 saturated carbocycles. The number of nitrogens with zero attached hydrogens (tertiary/aromatic N) is 2. The average molecular weight is 401 g/mol. The minimum absolute atomic E-state index is 0.0693. The van der Waals surface area contributed by atoms with E-state index >= 15 is 0 Å². The number of hydrogen-bond donors (Lipinski definition) is 2. The second kappa shape index (κ2) is 10.0. The molecule has 2 rings (SSSR count). The van der Waals surface area contributed by atoms with Crippen LogP contribution in [0.1, 0.15) is 11.1 Å². The van der Waals surface area contributed by atoms with Gasteiger partial charge in [0.05, 0.1) is 0 Å². The lowest BCUT2D eigenvalue weighted by atomic mass is 10.1. The van der Waals surface area contributed by atoms with Crippen molar-refractivity contribution in [2.45, 2.75) is 19.1 Å². The molecule has 0 amide bonds. The molecule has 0 spiro atoms. The molecule has 1 heterocycles. The van der Waals surface area contributed by atoms with Crippen molar-refractivity contribution >= 4 is 17.6 Å². The van der Waals surface area contributed by atoms with Crippen molar-refractivity contribution < 1.29 is 17.9 Å². The number of pyridine rings is 1. The second-order valence-electron chi connectivity index (χ2n) is 5.64. The number of alkyl halides is 3. The van der Waals surface area contributed by atoms with Crippen molar-refractivity contribution in [3.8, 4) is 5.88 Å². The molecule has 0 aliphatic heterocycles. The van der Waals surface area contributed by atoms with E-state index in [2.05, 4.69) is 25.3 Å². The highest BCUT2D eigenvalue weighted by Gasteiger charge is 2.28. The average Bonchev–Trinajstić information content (AvgIpc) is 2.63. The summed E-state index contributed by atoms with van der Waals surface area (Å²) in [5, 5.41) is 6.99. The van der Waals surface area contributed by atoms with Crippen LogP contribution >= 0.6 is 11.6 Å². The number of hydrogen-bond acceptors (Lipinski definition) is 3. The summed E-state index contributed by atoms with van der Waals surface area (Å²) in [4.78, 5) is 7.98. The van der Waals surface area contributed by atoms with E-state index in [1.54, 1.807) is 13.1 Å². The number of guanidine groups is 1. The van der Waals surface area contributed by atoms with Gasteiger partial charge in [-0.25, -0.2) is 4.98 Å². The van der Waals surface area contributed by atoms with Gasteiger partial charge >= 0.3 is 6.18 Å². The molecule has 0 atom stereocenters. The first-order valence-corrected chi connectivity index (χ1v) is 8.57. The van der Waals surface area contributed by atoms with Gasteiger partial charge in [0, 0.05) is 37.4 Å². The van der Waals surface area contributed by atoms with Crippen molar-refractivity contribution in [2.24, 2.45) is 4.99 Å². The maximum absolute atomic E-state index is 12.1. The number of nitrogens with one attached hydrogen (secondary N) is 2. The van der Waals surface area contributed by atoms with Gasteiger partial charge in [0.1, 0.15) is 0 Å². The maximum atomic E-state index is 12.1. The molecule has 5 nitrogen and oxygen atoms in total. The smallest absolute Gasteiger partial charge is 0.422 e. The summed E-state index contributed by atoms with van der Waals surface area (Å²) in [5.74, 6) is 0.537. The lowest BCUT2D eigenvalue weighted by Crippen LogP contribution is -2.37. The van der Waals surface area contributed by atoms with Gasteiger partial charge in [-0.1, -0.05) is 29.8 Å². The Kier molecular flexibility index (Phi) is 7.72. The predicted octanol–water partition coefficient (Wildman–Crippen LogP) is 3.58. The molecule has 146 valence electrons. The topological polar surface area (TPSA) is 58.5 Å². The van der Waals surface area contributed by atoms with Gasteiger partial charge < -0.3 is 15.4 Å². The van der Waals surface area contributed by atoms with Crippen molar-refractivity contribution in [2.75, 3.05) is 20.2 Å². The summed E-state index contributed by atoms with van der Waals surface area (Å²) in [6, 6.07) is 10.7. The van der Waals surface area contributed by atoms with Gasteiger partial charge in [-0.2, -0.15) is 13.2 Å². The molecule has 0 unspecified atom stereocenters. The van der Waals surface area contributed by atoms with E-state index in [-0.39, 0.29) is 5.88 Å². The van der Waals surface area contributed by atoms with Crippen LogP contribution in [0.15, 0.2) is 47.6 Å². The standard InChI is InChI=1S/C18H20ClF3N4O/c1-23-17(24-8-7-13-3-2-4-15(19)9-13)26-11-14-5-6-16(25-10-14)27-12-18(20,21)22/h2-6,9-10H,7-8,11-12H2,1H3,(H2,23,24,26). The highest BCUT2D eigenvalue weighted by atomic mass is 35.5. The molecular weight excluding hydrogens is 381 g/mol. The second-order valence-corrected chi connectivity index (χ2v) is 6.08. The summed E-state index contributed by atoms with van der Waals surface area (Å²) in [6.07, 6.45) is -2.14. The summed E-state index contributed by atoms with van der Waals surface area (Å²) < 4.78 is 40.9. The predicted molar refractivity (Wildman–Crippen MR) is 99.1 cm³/mol. The number of aromatic nitrogens is 1. The Labute approximate surface area is 160 Å². The molecule has 9 heteroatoms. The Morgan fingerprint density at radius 1 is 1.19 bits per heavy atom. The van der Waals surface area contributed by atoms with Gasteiger partial charge in [-0.3, -0.25) is 4.99 Å². The molecule has 1 aromatic carbocycles. The first kappa shape index (κ1) is 20.8. The fourth-order valence-electron chi connectivity index (χ4n) is 2.18. The Bertz CT molecular complexity index is 751. The Morgan fingerprint density at radius 2 is 2.00 bits per heavy atom. The number of benzene rings is 1. The molecule has 0 fully saturated rings. The van der Waals surface area contributed by atoms with Crippen LogP contribution in [0.4, 0.5) is 13.2 Å². The molecule has 0 radical (unpaired) electrons. The molecule has 0 aliphatic rings. The van der Waals surface area contributed by atoms with Crippen LogP contribution in [0.5, 0.6) is 5.88 Å². The Balaban J connectivity index is 1.75. The fraction of sp³-hybridized carbons (Fsp3) is 0.333. The van der Waals surface area contributed by atoms with Crippen molar-refractivity contribution in [1.82, 2.24) is 15.6 Å². The number of ether oxygens (including phenoxy) is 1. The lowest BCUT2D eigenvalue weighted by Gasteiger charge is -2.12. The first-order chi connectivity index (χ1) is 12.9. The number of halogens is 4. The largest absolute Gasteiger partial charge is 0.468 e. The molecule has 2 N–H and O–H groups in total. The van der Waals surface area contributed by atoms with Crippen molar-refractivity contribution in [1.29, 1.82) is 0 Å².